The average Bonchev–Trinajstić information content (AvgIpc) is 3.10. The molecule has 1 aliphatic carbocycles. The second-order valence-electron chi connectivity index (χ2n) is 5.83. The predicted octanol–water partition coefficient (Wildman–Crippen LogP) is 2.88. The van der Waals surface area contributed by atoms with E-state index in [0.717, 1.165) is 18.4 Å². The summed E-state index contributed by atoms with van der Waals surface area (Å²) in [5, 5.41) is 2.71. The number of benzene rings is 1. The van der Waals surface area contributed by atoms with E-state index in [1.165, 1.54) is 0 Å². The Morgan fingerprint density at radius 2 is 2.00 bits per heavy atom. The lowest BCUT2D eigenvalue weighted by molar-refractivity contribution is 0.0956. The lowest BCUT2D eigenvalue weighted by Gasteiger charge is -2.24. The molecular weight excluding hydrogens is 226 g/mol. The molecule has 0 aliphatic heterocycles. The predicted molar refractivity (Wildman–Crippen MR) is 72.2 cm³/mol. The lowest BCUT2D eigenvalue weighted by Crippen LogP contribution is -2.25. The normalized spacial score (nSPS) is 15.3. The van der Waals surface area contributed by atoms with E-state index in [0.29, 0.717) is 17.4 Å². The van der Waals surface area contributed by atoms with Crippen molar-refractivity contribution in [2.75, 3.05) is 7.05 Å². The van der Waals surface area contributed by atoms with Crippen LogP contribution in [-0.4, -0.2) is 19.1 Å². The van der Waals surface area contributed by atoms with Gasteiger partial charge in [-0.15, -0.1) is 0 Å². The number of rotatable bonds is 3. The summed E-state index contributed by atoms with van der Waals surface area (Å²) in [5.41, 5.74) is 1.63. The van der Waals surface area contributed by atoms with Crippen LogP contribution in [-0.2, 0) is 5.41 Å². The second kappa shape index (κ2) is 4.63. The molecule has 1 amide bonds. The number of nitrogens with one attached hydrogen (secondary N) is 1. The summed E-state index contributed by atoms with van der Waals surface area (Å²) in [6, 6.07) is 5.85. The molecule has 0 unspecified atom stereocenters. The molecule has 2 rings (SSSR count). The molecule has 0 atom stereocenters. The molecule has 1 saturated carbocycles. The van der Waals surface area contributed by atoms with Crippen molar-refractivity contribution in [2.45, 2.75) is 45.1 Å². The van der Waals surface area contributed by atoms with E-state index < -0.39 is 0 Å². The number of ether oxygens (including phenoxy) is 1. The Balaban J connectivity index is 2.48. The third-order valence-corrected chi connectivity index (χ3v) is 3.11. The minimum Gasteiger partial charge on any atom is -0.490 e. The zero-order valence-corrected chi connectivity index (χ0v) is 11.5. The summed E-state index contributed by atoms with van der Waals surface area (Å²) in [4.78, 5) is 12.1. The zero-order chi connectivity index (χ0) is 13.3. The van der Waals surface area contributed by atoms with E-state index in [-0.39, 0.29) is 11.3 Å². The number of amides is 1. The molecule has 1 N–H and O–H groups in total. The molecule has 0 bridgehead atoms. The first kappa shape index (κ1) is 12.9. The van der Waals surface area contributed by atoms with E-state index in [2.05, 4.69) is 26.1 Å². The van der Waals surface area contributed by atoms with Crippen molar-refractivity contribution >= 4 is 5.91 Å². The van der Waals surface area contributed by atoms with Gasteiger partial charge in [-0.25, -0.2) is 0 Å². The van der Waals surface area contributed by atoms with E-state index in [1.807, 2.05) is 18.2 Å². The van der Waals surface area contributed by atoms with E-state index in [1.54, 1.807) is 7.05 Å². The van der Waals surface area contributed by atoms with Crippen molar-refractivity contribution in [2.24, 2.45) is 0 Å². The van der Waals surface area contributed by atoms with Crippen LogP contribution in [0.15, 0.2) is 18.2 Å². The fourth-order valence-corrected chi connectivity index (χ4v) is 1.98. The van der Waals surface area contributed by atoms with Gasteiger partial charge < -0.3 is 10.1 Å². The van der Waals surface area contributed by atoms with Crippen LogP contribution in [0.25, 0.3) is 0 Å². The highest BCUT2D eigenvalue weighted by Crippen LogP contribution is 2.35. The minimum atomic E-state index is -0.0786. The smallest absolute Gasteiger partial charge is 0.255 e. The largest absolute Gasteiger partial charge is 0.490 e. The molecule has 1 aromatic carbocycles. The highest BCUT2D eigenvalue weighted by molar-refractivity contribution is 5.98. The lowest BCUT2D eigenvalue weighted by atomic mass is 9.83. The molecule has 0 radical (unpaired) electrons. The van der Waals surface area contributed by atoms with Crippen molar-refractivity contribution in [1.82, 2.24) is 5.32 Å². The summed E-state index contributed by atoms with van der Waals surface area (Å²) in [7, 11) is 1.66. The summed E-state index contributed by atoms with van der Waals surface area (Å²) in [6.07, 6.45) is 2.48. The van der Waals surface area contributed by atoms with Gasteiger partial charge in [0.15, 0.2) is 0 Å². The third-order valence-electron chi connectivity index (χ3n) is 3.11. The fraction of sp³-hybridized carbons (Fsp3) is 0.533. The Labute approximate surface area is 109 Å². The molecule has 3 heteroatoms. The van der Waals surface area contributed by atoms with Gasteiger partial charge in [-0.2, -0.15) is 0 Å². The summed E-state index contributed by atoms with van der Waals surface area (Å²) in [6.45, 7) is 6.32. The third kappa shape index (κ3) is 2.66. The first-order valence-electron chi connectivity index (χ1n) is 6.45. The van der Waals surface area contributed by atoms with Crippen molar-refractivity contribution in [1.29, 1.82) is 0 Å². The van der Waals surface area contributed by atoms with Gasteiger partial charge in [-0.1, -0.05) is 32.9 Å². The standard InChI is InChI=1S/C15H21NO2/c1-15(2,3)11-6-5-7-12(18-10-8-9-10)13(11)14(17)16-4/h5-7,10H,8-9H2,1-4H3,(H,16,17). The SMILES string of the molecule is CNC(=O)c1c(OC2CC2)cccc1C(C)(C)C. The average molecular weight is 247 g/mol. The maximum atomic E-state index is 12.1. The molecule has 0 saturated heterocycles. The number of carbonyl (C=O) groups excluding carboxylic acids is 1. The van der Waals surface area contributed by atoms with Crippen molar-refractivity contribution in [3.05, 3.63) is 29.3 Å². The van der Waals surface area contributed by atoms with Crippen LogP contribution in [0.2, 0.25) is 0 Å². The molecule has 1 fully saturated rings. The van der Waals surface area contributed by atoms with Crippen LogP contribution in [0.1, 0.15) is 49.5 Å². The van der Waals surface area contributed by atoms with E-state index in [9.17, 15) is 4.79 Å². The first-order chi connectivity index (χ1) is 8.43. The minimum absolute atomic E-state index is 0.0730. The number of hydrogen-bond acceptors (Lipinski definition) is 2. The summed E-state index contributed by atoms with van der Waals surface area (Å²) >= 11 is 0. The fourth-order valence-electron chi connectivity index (χ4n) is 1.98. The Morgan fingerprint density at radius 1 is 1.33 bits per heavy atom. The number of carbonyl (C=O) groups is 1. The van der Waals surface area contributed by atoms with Crippen molar-refractivity contribution in [3.63, 3.8) is 0 Å². The van der Waals surface area contributed by atoms with E-state index in [4.69, 9.17) is 4.74 Å². The van der Waals surface area contributed by atoms with Crippen molar-refractivity contribution < 1.29 is 9.53 Å². The summed E-state index contributed by atoms with van der Waals surface area (Å²) < 4.78 is 5.85. The second-order valence-corrected chi connectivity index (χ2v) is 5.83. The van der Waals surface area contributed by atoms with Crippen LogP contribution in [0.5, 0.6) is 5.75 Å². The maximum Gasteiger partial charge on any atom is 0.255 e. The molecule has 0 heterocycles. The molecule has 0 spiro atoms. The highest BCUT2D eigenvalue weighted by Gasteiger charge is 2.29. The van der Waals surface area contributed by atoms with Crippen LogP contribution in [0.3, 0.4) is 0 Å². The molecule has 1 aliphatic rings. The molecule has 1 aromatic rings. The maximum absolute atomic E-state index is 12.1. The van der Waals surface area contributed by atoms with Crippen molar-refractivity contribution in [3.8, 4) is 5.75 Å². The zero-order valence-electron chi connectivity index (χ0n) is 11.5. The van der Waals surface area contributed by atoms with Gasteiger partial charge in [0, 0.05) is 7.05 Å². The molecule has 0 aromatic heterocycles. The van der Waals surface area contributed by atoms with Gasteiger partial charge in [0.1, 0.15) is 5.75 Å². The molecule has 18 heavy (non-hydrogen) atoms. The van der Waals surface area contributed by atoms with Gasteiger partial charge in [-0.3, -0.25) is 4.79 Å². The summed E-state index contributed by atoms with van der Waals surface area (Å²) in [5.74, 6) is 0.639. The Hall–Kier alpha value is -1.51. The van der Waals surface area contributed by atoms with Crippen LogP contribution >= 0.6 is 0 Å². The van der Waals surface area contributed by atoms with Crippen LogP contribution in [0, 0.1) is 0 Å². The molecule has 98 valence electrons. The highest BCUT2D eigenvalue weighted by atomic mass is 16.5. The first-order valence-corrected chi connectivity index (χ1v) is 6.45. The van der Waals surface area contributed by atoms with Gasteiger partial charge in [0.25, 0.3) is 5.91 Å². The molecule has 3 nitrogen and oxygen atoms in total. The quantitative estimate of drug-likeness (QED) is 0.892. The van der Waals surface area contributed by atoms with Gasteiger partial charge in [0.05, 0.1) is 11.7 Å². The van der Waals surface area contributed by atoms with Crippen LogP contribution in [0.4, 0.5) is 0 Å². The van der Waals surface area contributed by atoms with E-state index >= 15 is 0 Å². The van der Waals surface area contributed by atoms with Gasteiger partial charge in [0.2, 0.25) is 0 Å². The monoisotopic (exact) mass is 247 g/mol. The van der Waals surface area contributed by atoms with Gasteiger partial charge in [-0.05, 0) is 29.9 Å². The Kier molecular flexibility index (Phi) is 3.33. The number of hydrogen-bond donors (Lipinski definition) is 1. The Bertz CT molecular complexity index is 456. The Morgan fingerprint density at radius 3 is 2.50 bits per heavy atom. The van der Waals surface area contributed by atoms with Gasteiger partial charge >= 0.3 is 0 Å². The van der Waals surface area contributed by atoms with Crippen LogP contribution < -0.4 is 10.1 Å². The molecular formula is C15H21NO2. The topological polar surface area (TPSA) is 38.3 Å².